The molecule has 3 nitrogen and oxygen atoms in total. The molecule has 0 aliphatic carbocycles. The highest BCUT2D eigenvalue weighted by Gasteiger charge is 2.34. The fourth-order valence-corrected chi connectivity index (χ4v) is 2.47. The van der Waals surface area contributed by atoms with E-state index in [1.54, 1.807) is 12.1 Å². The van der Waals surface area contributed by atoms with Crippen molar-refractivity contribution in [3.63, 3.8) is 0 Å². The Balaban J connectivity index is 0.00000162. The molecule has 1 N–H and O–H groups in total. The van der Waals surface area contributed by atoms with E-state index >= 15 is 0 Å². The van der Waals surface area contributed by atoms with Gasteiger partial charge in [-0.1, -0.05) is 29.3 Å². The Morgan fingerprint density at radius 3 is 2.72 bits per heavy atom. The topological polar surface area (TPSA) is 38.3 Å². The molecule has 1 heterocycles. The van der Waals surface area contributed by atoms with Gasteiger partial charge in [0.15, 0.2) is 0 Å². The maximum Gasteiger partial charge on any atom is 0.310 e. The SMILES string of the molecule is COC(=O)[C@H]1CCNC1c1ccc(Cl)c(Cl)c1.Cl. The van der Waals surface area contributed by atoms with E-state index in [1.807, 2.05) is 6.07 Å². The number of hydrogen-bond donors (Lipinski definition) is 1. The standard InChI is InChI=1S/C12H13Cl2NO2.ClH/c1-17-12(16)8-4-5-15-11(8)7-2-3-9(13)10(14)6-7;/h2-3,6,8,11,15H,4-5H2,1H3;1H/t8-,11?;/m0./s1. The highest BCUT2D eigenvalue weighted by molar-refractivity contribution is 6.42. The molecule has 0 spiro atoms. The zero-order valence-electron chi connectivity index (χ0n) is 9.78. The molecule has 0 amide bonds. The molecule has 0 bridgehead atoms. The van der Waals surface area contributed by atoms with Crippen molar-refractivity contribution in [2.24, 2.45) is 5.92 Å². The third kappa shape index (κ3) is 3.09. The molecule has 18 heavy (non-hydrogen) atoms. The summed E-state index contributed by atoms with van der Waals surface area (Å²) in [6.45, 7) is 0.796. The van der Waals surface area contributed by atoms with Crippen LogP contribution in [0.25, 0.3) is 0 Å². The molecule has 1 fully saturated rings. The molecule has 6 heteroatoms. The van der Waals surface area contributed by atoms with Crippen molar-refractivity contribution in [1.82, 2.24) is 5.32 Å². The number of carbonyl (C=O) groups is 1. The van der Waals surface area contributed by atoms with E-state index < -0.39 is 0 Å². The third-order valence-corrected chi connectivity index (χ3v) is 3.77. The normalized spacial score (nSPS) is 22.4. The van der Waals surface area contributed by atoms with Gasteiger partial charge < -0.3 is 10.1 Å². The first-order valence-electron chi connectivity index (χ1n) is 5.39. The van der Waals surface area contributed by atoms with Crippen molar-refractivity contribution in [3.8, 4) is 0 Å². The second kappa shape index (κ2) is 6.62. The molecule has 1 aromatic carbocycles. The molecule has 1 unspecified atom stereocenters. The lowest BCUT2D eigenvalue weighted by molar-refractivity contribution is -0.145. The van der Waals surface area contributed by atoms with E-state index in [0.717, 1.165) is 18.5 Å². The average Bonchev–Trinajstić information content (AvgIpc) is 2.80. The van der Waals surface area contributed by atoms with Gasteiger partial charge in [-0.05, 0) is 30.7 Å². The van der Waals surface area contributed by atoms with Crippen LogP contribution < -0.4 is 5.32 Å². The summed E-state index contributed by atoms with van der Waals surface area (Å²) in [5, 5.41) is 4.30. The molecule has 1 aliphatic rings. The van der Waals surface area contributed by atoms with Gasteiger partial charge in [0.25, 0.3) is 0 Å². The van der Waals surface area contributed by atoms with Gasteiger partial charge in [0.2, 0.25) is 0 Å². The number of nitrogens with one attached hydrogen (secondary N) is 1. The number of carbonyl (C=O) groups excluding carboxylic acids is 1. The quantitative estimate of drug-likeness (QED) is 0.852. The van der Waals surface area contributed by atoms with Crippen LogP contribution in [-0.2, 0) is 9.53 Å². The molecular weight excluding hydrogens is 296 g/mol. The number of methoxy groups -OCH3 is 1. The maximum atomic E-state index is 11.6. The van der Waals surface area contributed by atoms with E-state index in [1.165, 1.54) is 7.11 Å². The van der Waals surface area contributed by atoms with Crippen LogP contribution >= 0.6 is 35.6 Å². The summed E-state index contributed by atoms with van der Waals surface area (Å²) >= 11 is 11.8. The van der Waals surface area contributed by atoms with Gasteiger partial charge in [0.1, 0.15) is 0 Å². The summed E-state index contributed by atoms with van der Waals surface area (Å²) in [6, 6.07) is 5.38. The highest BCUT2D eigenvalue weighted by Crippen LogP contribution is 2.33. The largest absolute Gasteiger partial charge is 0.469 e. The molecule has 0 aromatic heterocycles. The second-order valence-electron chi connectivity index (χ2n) is 4.02. The zero-order valence-corrected chi connectivity index (χ0v) is 12.1. The first-order valence-corrected chi connectivity index (χ1v) is 6.15. The van der Waals surface area contributed by atoms with Crippen molar-refractivity contribution >= 4 is 41.6 Å². The first kappa shape index (κ1) is 15.6. The van der Waals surface area contributed by atoms with Crippen molar-refractivity contribution < 1.29 is 9.53 Å². The number of hydrogen-bond acceptors (Lipinski definition) is 3. The third-order valence-electron chi connectivity index (χ3n) is 3.03. The lowest BCUT2D eigenvalue weighted by atomic mass is 9.94. The number of esters is 1. The second-order valence-corrected chi connectivity index (χ2v) is 4.84. The van der Waals surface area contributed by atoms with Crippen LogP contribution in [0.15, 0.2) is 18.2 Å². The lowest BCUT2D eigenvalue weighted by Gasteiger charge is -2.18. The van der Waals surface area contributed by atoms with Crippen LogP contribution in [0.5, 0.6) is 0 Å². The molecule has 2 atom stereocenters. The number of halogens is 3. The molecular formula is C12H14Cl3NO2. The van der Waals surface area contributed by atoms with E-state index in [4.69, 9.17) is 27.9 Å². The van der Waals surface area contributed by atoms with Crippen molar-refractivity contribution in [1.29, 1.82) is 0 Å². The van der Waals surface area contributed by atoms with E-state index in [2.05, 4.69) is 5.32 Å². The summed E-state index contributed by atoms with van der Waals surface area (Å²) in [5.74, 6) is -0.344. The summed E-state index contributed by atoms with van der Waals surface area (Å²) in [6.07, 6.45) is 0.775. The molecule has 1 aromatic rings. The van der Waals surface area contributed by atoms with Crippen LogP contribution in [0.2, 0.25) is 10.0 Å². The monoisotopic (exact) mass is 309 g/mol. The van der Waals surface area contributed by atoms with E-state index in [-0.39, 0.29) is 30.3 Å². The van der Waals surface area contributed by atoms with Gasteiger partial charge in [-0.2, -0.15) is 0 Å². The fourth-order valence-electron chi connectivity index (χ4n) is 2.16. The summed E-state index contributed by atoms with van der Waals surface area (Å²) in [5.41, 5.74) is 0.965. The number of benzene rings is 1. The van der Waals surface area contributed by atoms with Crippen LogP contribution in [0.1, 0.15) is 18.0 Å². The Kier molecular flexibility index (Phi) is 5.73. The average molecular weight is 311 g/mol. The number of ether oxygens (including phenoxy) is 1. The summed E-state index contributed by atoms with van der Waals surface area (Å²) < 4.78 is 4.80. The Labute approximate surface area is 122 Å². The van der Waals surface area contributed by atoms with Crippen LogP contribution in [0.3, 0.4) is 0 Å². The van der Waals surface area contributed by atoms with Gasteiger partial charge in [-0.15, -0.1) is 12.4 Å². The molecule has 1 aliphatic heterocycles. The van der Waals surface area contributed by atoms with Gasteiger partial charge in [0, 0.05) is 6.04 Å². The van der Waals surface area contributed by atoms with Crippen molar-refractivity contribution in [2.75, 3.05) is 13.7 Å². The Morgan fingerprint density at radius 2 is 2.11 bits per heavy atom. The molecule has 0 saturated carbocycles. The zero-order chi connectivity index (χ0) is 12.4. The predicted octanol–water partition coefficient (Wildman–Crippen LogP) is 3.24. The van der Waals surface area contributed by atoms with Gasteiger partial charge in [-0.3, -0.25) is 4.79 Å². The minimum absolute atomic E-state index is 0. The molecule has 2 rings (SSSR count). The maximum absolute atomic E-state index is 11.6. The molecule has 100 valence electrons. The highest BCUT2D eigenvalue weighted by atomic mass is 35.5. The fraction of sp³-hybridized carbons (Fsp3) is 0.417. The molecule has 0 radical (unpaired) electrons. The Hall–Kier alpha value is -0.480. The van der Waals surface area contributed by atoms with Crippen LogP contribution in [0.4, 0.5) is 0 Å². The van der Waals surface area contributed by atoms with Crippen molar-refractivity contribution in [3.05, 3.63) is 33.8 Å². The van der Waals surface area contributed by atoms with Crippen LogP contribution in [0, 0.1) is 5.92 Å². The number of rotatable bonds is 2. The van der Waals surface area contributed by atoms with E-state index in [9.17, 15) is 4.79 Å². The van der Waals surface area contributed by atoms with Crippen LogP contribution in [-0.4, -0.2) is 19.6 Å². The minimum Gasteiger partial charge on any atom is -0.469 e. The van der Waals surface area contributed by atoms with Gasteiger partial charge in [-0.25, -0.2) is 0 Å². The Morgan fingerprint density at radius 1 is 1.39 bits per heavy atom. The predicted molar refractivity (Wildman–Crippen MR) is 74.6 cm³/mol. The summed E-state index contributed by atoms with van der Waals surface area (Å²) in [4.78, 5) is 11.6. The Bertz CT molecular complexity index is 439. The van der Waals surface area contributed by atoms with E-state index in [0.29, 0.717) is 10.0 Å². The molecule has 1 saturated heterocycles. The smallest absolute Gasteiger partial charge is 0.310 e. The minimum atomic E-state index is -0.189. The summed E-state index contributed by atoms with van der Waals surface area (Å²) in [7, 11) is 1.41. The van der Waals surface area contributed by atoms with Gasteiger partial charge >= 0.3 is 5.97 Å². The van der Waals surface area contributed by atoms with Crippen molar-refractivity contribution in [2.45, 2.75) is 12.5 Å². The van der Waals surface area contributed by atoms with Gasteiger partial charge in [0.05, 0.1) is 23.1 Å². The first-order chi connectivity index (χ1) is 8.13. The lowest BCUT2D eigenvalue weighted by Crippen LogP contribution is -2.24.